The van der Waals surface area contributed by atoms with Gasteiger partial charge in [0.2, 0.25) is 0 Å². The van der Waals surface area contributed by atoms with Gasteiger partial charge in [0.1, 0.15) is 25.5 Å². The van der Waals surface area contributed by atoms with Gasteiger partial charge in [-0.05, 0) is 29.8 Å². The van der Waals surface area contributed by atoms with E-state index in [1.165, 1.54) is 18.2 Å². The molecular weight excluding hydrogens is 364 g/mol. The maximum atomic E-state index is 12.2. The molecule has 0 saturated heterocycles. The van der Waals surface area contributed by atoms with E-state index in [9.17, 15) is 14.9 Å². The van der Waals surface area contributed by atoms with Crippen LogP contribution in [-0.2, 0) is 11.3 Å². The Morgan fingerprint density at radius 3 is 2.81 bits per heavy atom. The van der Waals surface area contributed by atoms with Gasteiger partial charge in [-0.3, -0.25) is 10.1 Å². The molecule has 1 aliphatic rings. The average Bonchev–Trinajstić information content (AvgIpc) is 2.65. The summed E-state index contributed by atoms with van der Waals surface area (Å²) in [6.45, 7) is 0.771. The Kier molecular flexibility index (Phi) is 5.13. The third-order valence-electron chi connectivity index (χ3n) is 3.73. The lowest BCUT2D eigenvalue weighted by Gasteiger charge is -2.20. The number of benzene rings is 2. The number of nitrogens with one attached hydrogen (secondary N) is 1. The predicted octanol–water partition coefficient (Wildman–Crippen LogP) is 3.42. The van der Waals surface area contributed by atoms with E-state index in [2.05, 4.69) is 5.32 Å². The van der Waals surface area contributed by atoms with E-state index in [0.717, 1.165) is 0 Å². The van der Waals surface area contributed by atoms with Gasteiger partial charge >= 0.3 is 5.97 Å². The fourth-order valence-corrected chi connectivity index (χ4v) is 2.79. The SMILES string of the molecule is CNc1ccc(C(=O)OCc2cc(Cl)c3c(c2)OCCO3)cc1[N+](=O)[O-]. The number of hydrogen-bond acceptors (Lipinski definition) is 7. The molecule has 0 radical (unpaired) electrons. The fourth-order valence-electron chi connectivity index (χ4n) is 2.50. The van der Waals surface area contributed by atoms with Crippen LogP contribution in [0.1, 0.15) is 15.9 Å². The Balaban J connectivity index is 1.74. The molecule has 1 aliphatic heterocycles. The molecule has 0 bridgehead atoms. The van der Waals surface area contributed by atoms with Crippen molar-refractivity contribution in [3.05, 3.63) is 56.6 Å². The number of anilines is 1. The van der Waals surface area contributed by atoms with Crippen LogP contribution in [0.3, 0.4) is 0 Å². The van der Waals surface area contributed by atoms with E-state index >= 15 is 0 Å². The minimum atomic E-state index is -0.679. The molecule has 0 amide bonds. The second kappa shape index (κ2) is 7.49. The largest absolute Gasteiger partial charge is 0.486 e. The number of nitro benzene ring substituents is 1. The molecule has 0 atom stereocenters. The van der Waals surface area contributed by atoms with Crippen LogP contribution in [-0.4, -0.2) is 31.2 Å². The van der Waals surface area contributed by atoms with E-state index in [1.807, 2.05) is 0 Å². The molecule has 136 valence electrons. The van der Waals surface area contributed by atoms with Crippen LogP contribution in [0.2, 0.25) is 5.02 Å². The highest BCUT2D eigenvalue weighted by Gasteiger charge is 2.19. The van der Waals surface area contributed by atoms with Gasteiger partial charge in [-0.2, -0.15) is 0 Å². The highest BCUT2D eigenvalue weighted by molar-refractivity contribution is 6.32. The summed E-state index contributed by atoms with van der Waals surface area (Å²) >= 11 is 6.14. The summed E-state index contributed by atoms with van der Waals surface area (Å²) in [5.41, 5.74) is 0.808. The summed E-state index contributed by atoms with van der Waals surface area (Å²) < 4.78 is 16.1. The molecule has 0 fully saturated rings. The van der Waals surface area contributed by atoms with Gasteiger partial charge in [-0.1, -0.05) is 11.6 Å². The van der Waals surface area contributed by atoms with Crippen LogP contribution in [0, 0.1) is 10.1 Å². The van der Waals surface area contributed by atoms with E-state index in [1.54, 1.807) is 19.2 Å². The summed E-state index contributed by atoms with van der Waals surface area (Å²) in [4.78, 5) is 22.7. The number of esters is 1. The summed E-state index contributed by atoms with van der Waals surface area (Å²) in [5.74, 6) is 0.275. The minimum Gasteiger partial charge on any atom is -0.486 e. The van der Waals surface area contributed by atoms with E-state index in [0.29, 0.717) is 41.0 Å². The monoisotopic (exact) mass is 378 g/mol. The van der Waals surface area contributed by atoms with Crippen molar-refractivity contribution in [2.24, 2.45) is 0 Å². The Labute approximate surface area is 153 Å². The first-order chi connectivity index (χ1) is 12.5. The number of rotatable bonds is 5. The molecule has 2 aromatic carbocycles. The minimum absolute atomic E-state index is 0.0588. The zero-order valence-corrected chi connectivity index (χ0v) is 14.5. The Hall–Kier alpha value is -3.00. The van der Waals surface area contributed by atoms with Crippen molar-refractivity contribution in [1.82, 2.24) is 0 Å². The van der Waals surface area contributed by atoms with Crippen LogP contribution < -0.4 is 14.8 Å². The number of ether oxygens (including phenoxy) is 3. The molecule has 3 rings (SSSR count). The highest BCUT2D eigenvalue weighted by Crippen LogP contribution is 2.38. The zero-order chi connectivity index (χ0) is 18.7. The van der Waals surface area contributed by atoms with E-state index in [-0.39, 0.29) is 17.9 Å². The number of nitro groups is 1. The third-order valence-corrected chi connectivity index (χ3v) is 4.01. The fraction of sp³-hybridized carbons (Fsp3) is 0.235. The van der Waals surface area contributed by atoms with E-state index in [4.69, 9.17) is 25.8 Å². The van der Waals surface area contributed by atoms with Crippen molar-refractivity contribution in [2.75, 3.05) is 25.6 Å². The zero-order valence-electron chi connectivity index (χ0n) is 13.8. The number of fused-ring (bicyclic) bond motifs is 1. The van der Waals surface area contributed by atoms with Crippen LogP contribution in [0.15, 0.2) is 30.3 Å². The highest BCUT2D eigenvalue weighted by atomic mass is 35.5. The lowest BCUT2D eigenvalue weighted by Crippen LogP contribution is -2.16. The molecule has 9 heteroatoms. The number of nitrogens with zero attached hydrogens (tertiary/aromatic N) is 1. The van der Waals surface area contributed by atoms with Gasteiger partial charge in [-0.15, -0.1) is 0 Å². The molecular formula is C17H15ClN2O6. The molecule has 0 spiro atoms. The van der Waals surface area contributed by atoms with Crippen molar-refractivity contribution in [2.45, 2.75) is 6.61 Å². The standard InChI is InChI=1S/C17H15ClN2O6/c1-19-13-3-2-11(8-14(13)20(22)23)17(21)26-9-10-6-12(18)16-15(7-10)24-4-5-25-16/h2-3,6-8,19H,4-5,9H2,1H3. The lowest BCUT2D eigenvalue weighted by molar-refractivity contribution is -0.384. The predicted molar refractivity (Wildman–Crippen MR) is 94.2 cm³/mol. The molecule has 0 aliphatic carbocycles. The van der Waals surface area contributed by atoms with Gasteiger partial charge in [0.15, 0.2) is 11.5 Å². The summed E-state index contributed by atoms with van der Waals surface area (Å²) in [7, 11) is 1.56. The second-order valence-corrected chi connectivity index (χ2v) is 5.82. The van der Waals surface area contributed by atoms with Crippen LogP contribution >= 0.6 is 11.6 Å². The Morgan fingerprint density at radius 1 is 1.31 bits per heavy atom. The first-order valence-corrected chi connectivity index (χ1v) is 8.08. The number of carbonyl (C=O) groups is 1. The van der Waals surface area contributed by atoms with Crippen molar-refractivity contribution < 1.29 is 23.9 Å². The quantitative estimate of drug-likeness (QED) is 0.483. The number of hydrogen-bond donors (Lipinski definition) is 1. The van der Waals surface area contributed by atoms with Crippen molar-refractivity contribution in [3.8, 4) is 11.5 Å². The van der Waals surface area contributed by atoms with Crippen LogP contribution in [0.4, 0.5) is 11.4 Å². The number of halogens is 1. The maximum absolute atomic E-state index is 12.2. The van der Waals surface area contributed by atoms with Crippen molar-refractivity contribution in [1.29, 1.82) is 0 Å². The normalized spacial score (nSPS) is 12.4. The molecule has 2 aromatic rings. The van der Waals surface area contributed by atoms with Gasteiger partial charge in [0.25, 0.3) is 5.69 Å². The summed E-state index contributed by atoms with van der Waals surface area (Å²) in [5, 5.41) is 14.1. The van der Waals surface area contributed by atoms with Gasteiger partial charge in [-0.25, -0.2) is 4.79 Å². The summed E-state index contributed by atoms with van der Waals surface area (Å²) in [6.07, 6.45) is 0. The molecule has 0 saturated carbocycles. The second-order valence-electron chi connectivity index (χ2n) is 5.42. The molecule has 1 N–H and O–H groups in total. The average molecular weight is 379 g/mol. The molecule has 1 heterocycles. The molecule has 8 nitrogen and oxygen atoms in total. The van der Waals surface area contributed by atoms with Crippen LogP contribution in [0.5, 0.6) is 11.5 Å². The third kappa shape index (κ3) is 3.65. The van der Waals surface area contributed by atoms with Crippen molar-refractivity contribution >= 4 is 28.9 Å². The lowest BCUT2D eigenvalue weighted by atomic mass is 10.1. The number of carbonyl (C=O) groups excluding carboxylic acids is 1. The first-order valence-electron chi connectivity index (χ1n) is 7.71. The van der Waals surface area contributed by atoms with Crippen molar-refractivity contribution in [3.63, 3.8) is 0 Å². The Bertz CT molecular complexity index is 871. The van der Waals surface area contributed by atoms with Gasteiger partial charge in [0, 0.05) is 13.1 Å². The molecule has 26 heavy (non-hydrogen) atoms. The smallest absolute Gasteiger partial charge is 0.338 e. The maximum Gasteiger partial charge on any atom is 0.338 e. The topological polar surface area (TPSA) is 99.9 Å². The molecule has 0 aromatic heterocycles. The summed E-state index contributed by atoms with van der Waals surface area (Å²) in [6, 6.07) is 7.38. The van der Waals surface area contributed by atoms with E-state index < -0.39 is 10.9 Å². The van der Waals surface area contributed by atoms with Gasteiger partial charge < -0.3 is 19.5 Å². The Morgan fingerprint density at radius 2 is 2.08 bits per heavy atom. The van der Waals surface area contributed by atoms with Gasteiger partial charge in [0.05, 0.1) is 15.5 Å². The van der Waals surface area contributed by atoms with Crippen LogP contribution in [0.25, 0.3) is 0 Å². The molecule has 0 unspecified atom stereocenters. The first kappa shape index (κ1) is 17.8.